The van der Waals surface area contributed by atoms with E-state index in [0.717, 1.165) is 12.0 Å². The topological polar surface area (TPSA) is 114 Å². The van der Waals surface area contributed by atoms with Crippen molar-refractivity contribution >= 4 is 16.0 Å². The third kappa shape index (κ3) is 3.73. The van der Waals surface area contributed by atoms with E-state index in [1.165, 1.54) is 29.2 Å². The van der Waals surface area contributed by atoms with Crippen LogP contribution in [0.2, 0.25) is 0 Å². The van der Waals surface area contributed by atoms with Crippen molar-refractivity contribution in [2.75, 3.05) is 0 Å². The molecule has 1 aromatic heterocycles. The average Bonchev–Trinajstić information content (AvgIpc) is 3.07. The number of nitrogens with zero attached hydrogens (tertiary/aromatic N) is 2. The van der Waals surface area contributed by atoms with Gasteiger partial charge in [0.05, 0.1) is 17.8 Å². The van der Waals surface area contributed by atoms with Crippen LogP contribution in [0.4, 0.5) is 0 Å². The van der Waals surface area contributed by atoms with Gasteiger partial charge in [-0.1, -0.05) is 25.5 Å². The monoisotopic (exact) mass is 365 g/mol. The maximum Gasteiger partial charge on any atom is 0.299 e. The van der Waals surface area contributed by atoms with E-state index in [2.05, 4.69) is 4.98 Å². The molecule has 134 valence electrons. The van der Waals surface area contributed by atoms with Crippen LogP contribution in [0.1, 0.15) is 42.0 Å². The van der Waals surface area contributed by atoms with Crippen molar-refractivity contribution in [2.45, 2.75) is 43.6 Å². The quantitative estimate of drug-likeness (QED) is 0.823. The SMILES string of the molecule is CCC[C@@H]1OCc2cccc(c2)S(=O)(=O)OC1n1cnc(C(N)=O)c1. The number of hydrogen-bond donors (Lipinski definition) is 1. The summed E-state index contributed by atoms with van der Waals surface area (Å²) in [4.78, 5) is 15.2. The first-order chi connectivity index (χ1) is 11.9. The highest BCUT2D eigenvalue weighted by atomic mass is 32.2. The molecular weight excluding hydrogens is 346 g/mol. The van der Waals surface area contributed by atoms with Crippen molar-refractivity contribution in [3.05, 3.63) is 48.0 Å². The van der Waals surface area contributed by atoms with Gasteiger partial charge >= 0.3 is 0 Å². The lowest BCUT2D eigenvalue weighted by atomic mass is 10.1. The molecule has 0 fully saturated rings. The number of amides is 1. The highest BCUT2D eigenvalue weighted by Crippen LogP contribution is 2.29. The largest absolute Gasteiger partial charge is 0.369 e. The van der Waals surface area contributed by atoms with Crippen molar-refractivity contribution in [1.29, 1.82) is 0 Å². The van der Waals surface area contributed by atoms with Gasteiger partial charge in [-0.05, 0) is 24.1 Å². The Balaban J connectivity index is 2.04. The van der Waals surface area contributed by atoms with Crippen molar-refractivity contribution in [2.24, 2.45) is 5.73 Å². The number of primary amides is 1. The molecule has 2 atom stereocenters. The molecule has 1 amide bonds. The van der Waals surface area contributed by atoms with Crippen LogP contribution in [-0.4, -0.2) is 30.0 Å². The molecule has 0 radical (unpaired) electrons. The molecule has 9 heteroatoms. The van der Waals surface area contributed by atoms with Crippen LogP contribution in [-0.2, 0) is 25.6 Å². The summed E-state index contributed by atoms with van der Waals surface area (Å²) in [6.07, 6.45) is 2.49. The van der Waals surface area contributed by atoms with Crippen LogP contribution in [0.15, 0.2) is 41.7 Å². The molecule has 2 aromatic rings. The molecule has 1 unspecified atom stereocenters. The zero-order valence-corrected chi connectivity index (χ0v) is 14.5. The fraction of sp³-hybridized carbons (Fsp3) is 0.375. The van der Waals surface area contributed by atoms with Gasteiger partial charge in [-0.3, -0.25) is 4.79 Å². The summed E-state index contributed by atoms with van der Waals surface area (Å²) in [6, 6.07) is 6.44. The smallest absolute Gasteiger partial charge is 0.299 e. The number of nitrogens with two attached hydrogens (primary N) is 1. The number of carbonyl (C=O) groups excluding carboxylic acids is 1. The molecule has 1 aliphatic rings. The standard InChI is InChI=1S/C16H19N3O5S/c1-2-4-14-16(19-8-13(15(17)20)18-10-19)24-25(21,22)12-6-3-5-11(7-12)9-23-14/h3,5-8,10,14,16H,2,4,9H2,1H3,(H2,17,20)/t14-,16?/m0/s1. The minimum Gasteiger partial charge on any atom is -0.369 e. The number of carbonyl (C=O) groups is 1. The summed E-state index contributed by atoms with van der Waals surface area (Å²) in [5, 5.41) is 0. The summed E-state index contributed by atoms with van der Waals surface area (Å²) in [5.74, 6) is -0.704. The minimum absolute atomic E-state index is 0.0247. The Morgan fingerprint density at radius 3 is 2.92 bits per heavy atom. The van der Waals surface area contributed by atoms with E-state index in [0.29, 0.717) is 6.42 Å². The zero-order valence-electron chi connectivity index (χ0n) is 13.7. The number of hydrogen-bond acceptors (Lipinski definition) is 6. The van der Waals surface area contributed by atoms with E-state index < -0.39 is 28.4 Å². The van der Waals surface area contributed by atoms with Gasteiger partial charge < -0.3 is 15.0 Å². The molecule has 0 saturated carbocycles. The van der Waals surface area contributed by atoms with E-state index in [1.807, 2.05) is 6.92 Å². The maximum atomic E-state index is 12.6. The van der Waals surface area contributed by atoms with Gasteiger partial charge in [0, 0.05) is 6.20 Å². The van der Waals surface area contributed by atoms with E-state index in [4.69, 9.17) is 14.7 Å². The number of fused-ring (bicyclic) bond motifs is 2. The molecule has 8 nitrogen and oxygen atoms in total. The number of rotatable bonds is 4. The fourth-order valence-corrected chi connectivity index (χ4v) is 3.81. The highest BCUT2D eigenvalue weighted by Gasteiger charge is 2.32. The lowest BCUT2D eigenvalue weighted by molar-refractivity contribution is -0.0670. The van der Waals surface area contributed by atoms with Crippen molar-refractivity contribution in [1.82, 2.24) is 9.55 Å². The summed E-state index contributed by atoms with van der Waals surface area (Å²) >= 11 is 0. The van der Waals surface area contributed by atoms with Crippen LogP contribution < -0.4 is 5.73 Å². The number of benzene rings is 1. The Kier molecular flexibility index (Phi) is 4.89. The van der Waals surface area contributed by atoms with Gasteiger partial charge in [-0.25, -0.2) is 9.17 Å². The Bertz CT molecular complexity index is 877. The van der Waals surface area contributed by atoms with Gasteiger partial charge in [0.1, 0.15) is 11.8 Å². The van der Waals surface area contributed by atoms with Gasteiger partial charge in [-0.2, -0.15) is 8.42 Å². The Morgan fingerprint density at radius 1 is 1.44 bits per heavy atom. The molecule has 0 spiro atoms. The van der Waals surface area contributed by atoms with Crippen LogP contribution in [0.5, 0.6) is 0 Å². The molecule has 2 N–H and O–H groups in total. The molecule has 2 bridgehead atoms. The Hall–Kier alpha value is -2.23. The van der Waals surface area contributed by atoms with Crippen molar-refractivity contribution < 1.29 is 22.1 Å². The average molecular weight is 365 g/mol. The lowest BCUT2D eigenvalue weighted by Gasteiger charge is -2.26. The predicted molar refractivity (Wildman–Crippen MR) is 88.0 cm³/mol. The van der Waals surface area contributed by atoms with E-state index >= 15 is 0 Å². The summed E-state index contributed by atoms with van der Waals surface area (Å²) in [6.45, 7) is 2.22. The third-order valence-electron chi connectivity index (χ3n) is 3.92. The van der Waals surface area contributed by atoms with Crippen molar-refractivity contribution in [3.8, 4) is 0 Å². The first-order valence-corrected chi connectivity index (χ1v) is 9.28. The third-order valence-corrected chi connectivity index (χ3v) is 5.20. The lowest BCUT2D eigenvalue weighted by Crippen LogP contribution is -2.30. The molecule has 25 heavy (non-hydrogen) atoms. The second-order valence-electron chi connectivity index (χ2n) is 5.80. The van der Waals surface area contributed by atoms with Crippen LogP contribution in [0.25, 0.3) is 0 Å². The number of ether oxygens (including phenoxy) is 1. The molecule has 2 heterocycles. The van der Waals surface area contributed by atoms with Gasteiger partial charge in [0.25, 0.3) is 16.0 Å². The summed E-state index contributed by atoms with van der Waals surface area (Å²) < 4.78 is 38.1. The second kappa shape index (κ2) is 6.95. The molecule has 0 saturated heterocycles. The Labute approximate surface area is 145 Å². The zero-order chi connectivity index (χ0) is 18.0. The van der Waals surface area contributed by atoms with Crippen LogP contribution in [0.3, 0.4) is 0 Å². The van der Waals surface area contributed by atoms with Gasteiger partial charge in [0.15, 0.2) is 6.23 Å². The highest BCUT2D eigenvalue weighted by molar-refractivity contribution is 7.86. The maximum absolute atomic E-state index is 12.6. The van der Waals surface area contributed by atoms with Crippen LogP contribution in [0, 0.1) is 0 Å². The van der Waals surface area contributed by atoms with E-state index in [9.17, 15) is 13.2 Å². The number of aromatic nitrogens is 2. The van der Waals surface area contributed by atoms with Gasteiger partial charge in [0.2, 0.25) is 0 Å². The van der Waals surface area contributed by atoms with E-state index in [1.54, 1.807) is 12.1 Å². The first kappa shape index (κ1) is 17.6. The molecule has 1 aliphatic heterocycles. The first-order valence-electron chi connectivity index (χ1n) is 7.88. The van der Waals surface area contributed by atoms with Crippen LogP contribution >= 0.6 is 0 Å². The second-order valence-corrected chi connectivity index (χ2v) is 7.37. The van der Waals surface area contributed by atoms with E-state index in [-0.39, 0.29) is 17.2 Å². The molecular formula is C16H19N3O5S. The normalized spacial score (nSPS) is 22.6. The van der Waals surface area contributed by atoms with Gasteiger partial charge in [-0.15, -0.1) is 0 Å². The number of imidazole rings is 1. The predicted octanol–water partition coefficient (Wildman–Crippen LogP) is 1.59. The molecule has 0 aliphatic carbocycles. The molecule has 3 rings (SSSR count). The minimum atomic E-state index is -4.01. The Morgan fingerprint density at radius 2 is 2.24 bits per heavy atom. The van der Waals surface area contributed by atoms with Crippen molar-refractivity contribution in [3.63, 3.8) is 0 Å². The fourth-order valence-electron chi connectivity index (χ4n) is 2.68. The summed E-state index contributed by atoms with van der Waals surface area (Å²) in [5.41, 5.74) is 5.99. The molecule has 1 aromatic carbocycles. The summed E-state index contributed by atoms with van der Waals surface area (Å²) in [7, 11) is -4.01.